The van der Waals surface area contributed by atoms with Gasteiger partial charge in [-0.2, -0.15) is 0 Å². The molecule has 0 bridgehead atoms. The van der Waals surface area contributed by atoms with Crippen molar-refractivity contribution in [3.63, 3.8) is 0 Å². The zero-order valence-corrected chi connectivity index (χ0v) is 14.5. The number of aromatic nitrogens is 2. The van der Waals surface area contributed by atoms with Crippen LogP contribution >= 0.6 is 0 Å². The van der Waals surface area contributed by atoms with E-state index in [1.807, 2.05) is 6.07 Å². The highest BCUT2D eigenvalue weighted by Crippen LogP contribution is 2.34. The standard InChI is InChI=1S/C17H21N5OS/c1-11-8-9-22(11)17-20-15-7-3-6-14(15)16(21-17)12-4-2-5-13(10-12)24(18,19)23/h2,4-5,10-11H,3,6-9H2,1H3,(H3,18,19,23)/t11-/m0/s1. The minimum atomic E-state index is -3.23. The van der Waals surface area contributed by atoms with Gasteiger partial charge in [-0.15, -0.1) is 0 Å². The van der Waals surface area contributed by atoms with Crippen molar-refractivity contribution in [1.82, 2.24) is 9.97 Å². The van der Waals surface area contributed by atoms with E-state index in [-0.39, 0.29) is 0 Å². The molecule has 126 valence electrons. The predicted octanol–water partition coefficient (Wildman–Crippen LogP) is 2.51. The van der Waals surface area contributed by atoms with E-state index in [9.17, 15) is 4.21 Å². The molecule has 6 nitrogen and oxygen atoms in total. The first-order chi connectivity index (χ1) is 11.4. The van der Waals surface area contributed by atoms with E-state index in [2.05, 4.69) is 11.8 Å². The van der Waals surface area contributed by atoms with E-state index in [1.165, 1.54) is 12.0 Å². The molecule has 1 aliphatic heterocycles. The summed E-state index contributed by atoms with van der Waals surface area (Å²) in [4.78, 5) is 12.2. The van der Waals surface area contributed by atoms with Gasteiger partial charge in [-0.05, 0) is 44.7 Å². The topological polar surface area (TPSA) is 96.0 Å². The molecule has 1 aromatic heterocycles. The second-order valence-electron chi connectivity index (χ2n) is 6.61. The Morgan fingerprint density at radius 2 is 2.17 bits per heavy atom. The van der Waals surface area contributed by atoms with Crippen LogP contribution in [-0.2, 0) is 22.8 Å². The van der Waals surface area contributed by atoms with Gasteiger partial charge in [0.25, 0.3) is 0 Å². The number of fused-ring (bicyclic) bond motifs is 1. The monoisotopic (exact) mass is 343 g/mol. The van der Waals surface area contributed by atoms with E-state index in [4.69, 9.17) is 19.9 Å². The van der Waals surface area contributed by atoms with Crippen LogP contribution in [0.1, 0.15) is 31.0 Å². The van der Waals surface area contributed by atoms with Crippen molar-refractivity contribution < 1.29 is 4.21 Å². The van der Waals surface area contributed by atoms with Crippen LogP contribution in [0.2, 0.25) is 0 Å². The Bertz CT molecular complexity index is 909. The Morgan fingerprint density at radius 3 is 2.83 bits per heavy atom. The van der Waals surface area contributed by atoms with Crippen molar-refractivity contribution in [2.75, 3.05) is 11.4 Å². The lowest BCUT2D eigenvalue weighted by Gasteiger charge is -2.39. The average molecular weight is 343 g/mol. The molecular formula is C17H21N5OS. The van der Waals surface area contributed by atoms with Crippen LogP contribution in [0.15, 0.2) is 29.2 Å². The van der Waals surface area contributed by atoms with Crippen molar-refractivity contribution in [1.29, 1.82) is 4.78 Å². The molecule has 2 aromatic rings. The smallest absolute Gasteiger partial charge is 0.226 e. The summed E-state index contributed by atoms with van der Waals surface area (Å²) in [6.07, 6.45) is 4.19. The normalized spacial score (nSPS) is 21.9. The maximum Gasteiger partial charge on any atom is 0.226 e. The second-order valence-corrected chi connectivity index (χ2v) is 8.28. The van der Waals surface area contributed by atoms with Gasteiger partial charge in [-0.1, -0.05) is 12.1 Å². The van der Waals surface area contributed by atoms with Crippen molar-refractivity contribution >= 4 is 15.9 Å². The Morgan fingerprint density at radius 1 is 1.33 bits per heavy atom. The molecule has 0 saturated carbocycles. The highest BCUT2D eigenvalue weighted by molar-refractivity contribution is 7.90. The molecule has 1 unspecified atom stereocenters. The molecule has 1 saturated heterocycles. The third-order valence-corrected chi connectivity index (χ3v) is 5.91. The van der Waals surface area contributed by atoms with Crippen LogP contribution in [0, 0.1) is 4.78 Å². The largest absolute Gasteiger partial charge is 0.338 e. The lowest BCUT2D eigenvalue weighted by molar-refractivity contribution is 0.470. The number of hydrogen-bond donors (Lipinski definition) is 2. The van der Waals surface area contributed by atoms with Gasteiger partial charge in [0.15, 0.2) is 0 Å². The summed E-state index contributed by atoms with van der Waals surface area (Å²) in [6, 6.07) is 7.58. The summed E-state index contributed by atoms with van der Waals surface area (Å²) in [5, 5.41) is 5.50. The number of nitrogens with two attached hydrogens (primary N) is 1. The number of rotatable bonds is 3. The Hall–Kier alpha value is -1.99. The summed E-state index contributed by atoms with van der Waals surface area (Å²) < 4.78 is 19.5. The van der Waals surface area contributed by atoms with Crippen LogP contribution < -0.4 is 10.0 Å². The predicted molar refractivity (Wildman–Crippen MR) is 94.2 cm³/mol. The number of nitrogens with one attached hydrogen (secondary N) is 1. The zero-order chi connectivity index (χ0) is 16.9. The third-order valence-electron chi connectivity index (χ3n) is 4.96. The van der Waals surface area contributed by atoms with Crippen LogP contribution in [0.4, 0.5) is 5.95 Å². The van der Waals surface area contributed by atoms with E-state index < -0.39 is 9.92 Å². The molecule has 1 aliphatic carbocycles. The fourth-order valence-electron chi connectivity index (χ4n) is 3.43. The van der Waals surface area contributed by atoms with Crippen molar-refractivity contribution in [3.05, 3.63) is 35.5 Å². The highest BCUT2D eigenvalue weighted by Gasteiger charge is 2.29. The molecule has 2 atom stereocenters. The number of nitrogens with zero attached hydrogens (tertiary/aromatic N) is 3. The van der Waals surface area contributed by atoms with Gasteiger partial charge >= 0.3 is 0 Å². The van der Waals surface area contributed by atoms with Gasteiger partial charge in [-0.25, -0.2) is 24.1 Å². The average Bonchev–Trinajstić information content (AvgIpc) is 3.00. The lowest BCUT2D eigenvalue weighted by atomic mass is 10.0. The zero-order valence-electron chi connectivity index (χ0n) is 13.7. The molecule has 3 N–H and O–H groups in total. The fraction of sp³-hybridized carbons (Fsp3) is 0.412. The van der Waals surface area contributed by atoms with Crippen LogP contribution in [-0.4, -0.2) is 26.8 Å². The number of benzene rings is 1. The molecule has 1 fully saturated rings. The second kappa shape index (κ2) is 5.53. The molecule has 0 radical (unpaired) electrons. The van der Waals surface area contributed by atoms with Crippen LogP contribution in [0.5, 0.6) is 0 Å². The Kier molecular flexibility index (Phi) is 3.58. The summed E-state index contributed by atoms with van der Waals surface area (Å²) in [5.74, 6) is 0.786. The molecule has 1 aromatic carbocycles. The third kappa shape index (κ3) is 2.57. The van der Waals surface area contributed by atoms with Gasteiger partial charge in [0, 0.05) is 29.4 Å². The summed E-state index contributed by atoms with van der Waals surface area (Å²) in [5.41, 5.74) is 4.07. The van der Waals surface area contributed by atoms with Gasteiger partial charge < -0.3 is 4.90 Å². The summed E-state index contributed by atoms with van der Waals surface area (Å²) in [7, 11) is -3.23. The van der Waals surface area contributed by atoms with Gasteiger partial charge in [0.2, 0.25) is 5.95 Å². The van der Waals surface area contributed by atoms with Gasteiger partial charge in [0.1, 0.15) is 9.92 Å². The Balaban J connectivity index is 1.86. The quantitative estimate of drug-likeness (QED) is 0.895. The first-order valence-corrected chi connectivity index (χ1v) is 9.89. The highest BCUT2D eigenvalue weighted by atomic mass is 32.2. The summed E-state index contributed by atoms with van der Waals surface area (Å²) in [6.45, 7) is 3.17. The van der Waals surface area contributed by atoms with E-state index in [0.29, 0.717) is 10.9 Å². The van der Waals surface area contributed by atoms with E-state index in [1.54, 1.807) is 18.2 Å². The summed E-state index contributed by atoms with van der Waals surface area (Å²) >= 11 is 0. The fourth-order valence-corrected chi connectivity index (χ4v) is 4.01. The van der Waals surface area contributed by atoms with Crippen molar-refractivity contribution in [2.24, 2.45) is 5.14 Å². The van der Waals surface area contributed by atoms with E-state index >= 15 is 0 Å². The SMILES string of the molecule is C[C@H]1CCN1c1nc2c(c(-c3cccc(S(=N)(N)=O)c3)n1)CCC2. The number of anilines is 1. The molecule has 0 spiro atoms. The van der Waals surface area contributed by atoms with Gasteiger partial charge in [-0.3, -0.25) is 0 Å². The molecule has 4 rings (SSSR count). The molecule has 2 heterocycles. The minimum Gasteiger partial charge on any atom is -0.338 e. The molecule has 24 heavy (non-hydrogen) atoms. The van der Waals surface area contributed by atoms with Crippen LogP contribution in [0.3, 0.4) is 0 Å². The van der Waals surface area contributed by atoms with E-state index in [0.717, 1.165) is 48.7 Å². The van der Waals surface area contributed by atoms with Crippen molar-refractivity contribution in [2.45, 2.75) is 43.5 Å². The number of hydrogen-bond acceptors (Lipinski definition) is 5. The Labute approximate surface area is 142 Å². The maximum atomic E-state index is 11.9. The molecule has 0 amide bonds. The molecule has 7 heteroatoms. The maximum absolute atomic E-state index is 11.9. The minimum absolute atomic E-state index is 0.337. The lowest BCUT2D eigenvalue weighted by Crippen LogP contribution is -2.46. The number of aryl methyl sites for hydroxylation is 1. The first kappa shape index (κ1) is 15.5. The van der Waals surface area contributed by atoms with Crippen molar-refractivity contribution in [3.8, 4) is 11.3 Å². The first-order valence-electron chi connectivity index (χ1n) is 8.27. The van der Waals surface area contributed by atoms with Gasteiger partial charge in [0.05, 0.1) is 10.6 Å². The molecule has 2 aliphatic rings. The van der Waals surface area contributed by atoms with Crippen LogP contribution in [0.25, 0.3) is 11.3 Å². The molecular weight excluding hydrogens is 322 g/mol.